The summed E-state index contributed by atoms with van der Waals surface area (Å²) in [6.45, 7) is 0. The fraction of sp³-hybridized carbons (Fsp3) is 0.172. The second-order valence-electron chi connectivity index (χ2n) is 8.67. The van der Waals surface area contributed by atoms with Gasteiger partial charge in [-0.25, -0.2) is 9.78 Å². The summed E-state index contributed by atoms with van der Waals surface area (Å²) in [5.41, 5.74) is 7.17. The summed E-state index contributed by atoms with van der Waals surface area (Å²) in [6, 6.07) is 18.0. The molecule has 0 spiro atoms. The Balaban J connectivity index is 1.74. The van der Waals surface area contributed by atoms with Crippen molar-refractivity contribution in [1.82, 2.24) is 9.38 Å². The number of aliphatic carboxylic acids is 1. The fourth-order valence-electron chi connectivity index (χ4n) is 4.57. The molecule has 2 heterocycles. The van der Waals surface area contributed by atoms with Crippen molar-refractivity contribution >= 4 is 40.4 Å². The van der Waals surface area contributed by atoms with Crippen LogP contribution in [0.1, 0.15) is 41.5 Å². The average molecular weight is 485 g/mol. The lowest BCUT2D eigenvalue weighted by atomic mass is 9.73. The van der Waals surface area contributed by atoms with Gasteiger partial charge in [0.1, 0.15) is 11.4 Å². The summed E-state index contributed by atoms with van der Waals surface area (Å²) in [4.78, 5) is 15.3. The summed E-state index contributed by atoms with van der Waals surface area (Å²) in [5, 5.41) is 9.63. The lowest BCUT2D eigenvalue weighted by Gasteiger charge is -2.32. The first-order valence-corrected chi connectivity index (χ1v) is 11.9. The van der Waals surface area contributed by atoms with Gasteiger partial charge in [0.25, 0.3) is 0 Å². The summed E-state index contributed by atoms with van der Waals surface area (Å²) in [5.74, 6) is 0.147. The molecule has 4 aromatic rings. The molecule has 0 radical (unpaired) electrons. The second kappa shape index (κ2) is 9.80. The molecule has 1 saturated carbocycles. The van der Waals surface area contributed by atoms with Gasteiger partial charge in [0.15, 0.2) is 0 Å². The van der Waals surface area contributed by atoms with Gasteiger partial charge in [0.05, 0.1) is 12.1 Å². The number of ether oxygens (including phenoxy) is 1. The van der Waals surface area contributed by atoms with Crippen LogP contribution >= 0.6 is 11.6 Å². The zero-order valence-electron chi connectivity index (χ0n) is 19.3. The molecule has 1 N–H and O–H groups in total. The Labute approximate surface area is 209 Å². The Hall–Kier alpha value is -3.83. The minimum Gasteiger partial charge on any atom is -0.497 e. The summed E-state index contributed by atoms with van der Waals surface area (Å²) < 4.78 is 7.41. The van der Waals surface area contributed by atoms with Crippen LogP contribution in [0.15, 0.2) is 79.3 Å². The van der Waals surface area contributed by atoms with E-state index in [2.05, 4.69) is 23.3 Å². The maximum absolute atomic E-state index is 10.9. The van der Waals surface area contributed by atoms with E-state index in [1.54, 1.807) is 19.4 Å². The molecule has 5 rings (SSSR count). The third-order valence-electron chi connectivity index (χ3n) is 6.54. The Bertz CT molecular complexity index is 1450. The fourth-order valence-corrected chi connectivity index (χ4v) is 4.84. The maximum Gasteiger partial charge on any atom is 0.328 e. The molecule has 0 bridgehead atoms. The Morgan fingerprint density at radius 2 is 1.89 bits per heavy atom. The number of imidazole rings is 1. The lowest BCUT2D eigenvalue weighted by Crippen LogP contribution is -2.15. The molecule has 0 atom stereocenters. The van der Waals surface area contributed by atoms with E-state index in [4.69, 9.17) is 21.4 Å². The smallest absolute Gasteiger partial charge is 0.328 e. The van der Waals surface area contributed by atoms with Gasteiger partial charge in [0, 0.05) is 24.7 Å². The topological polar surface area (TPSA) is 63.8 Å². The molecule has 2 aromatic carbocycles. The summed E-state index contributed by atoms with van der Waals surface area (Å²) >= 11 is 6.83. The number of benzene rings is 2. The Morgan fingerprint density at radius 3 is 2.54 bits per heavy atom. The second-order valence-corrected chi connectivity index (χ2v) is 9.07. The maximum atomic E-state index is 10.9. The van der Waals surface area contributed by atoms with Crippen molar-refractivity contribution in [2.75, 3.05) is 7.11 Å². The highest BCUT2D eigenvalue weighted by Gasteiger charge is 2.28. The molecule has 35 heavy (non-hydrogen) atoms. The van der Waals surface area contributed by atoms with E-state index < -0.39 is 5.97 Å². The van der Waals surface area contributed by atoms with Crippen molar-refractivity contribution in [1.29, 1.82) is 0 Å². The van der Waals surface area contributed by atoms with Crippen LogP contribution in [0.2, 0.25) is 5.02 Å². The van der Waals surface area contributed by atoms with E-state index in [0.717, 1.165) is 58.1 Å². The number of halogens is 1. The highest BCUT2D eigenvalue weighted by molar-refractivity contribution is 6.33. The van der Waals surface area contributed by atoms with Crippen LogP contribution < -0.4 is 4.74 Å². The van der Waals surface area contributed by atoms with E-state index in [-0.39, 0.29) is 0 Å². The first kappa shape index (κ1) is 22.9. The van der Waals surface area contributed by atoms with Gasteiger partial charge < -0.3 is 14.2 Å². The van der Waals surface area contributed by atoms with Crippen molar-refractivity contribution in [3.63, 3.8) is 0 Å². The average Bonchev–Trinajstić information content (AvgIpc) is 3.30. The van der Waals surface area contributed by atoms with Crippen molar-refractivity contribution in [3.05, 3.63) is 107 Å². The summed E-state index contributed by atoms with van der Waals surface area (Å²) in [7, 11) is 1.64. The highest BCUT2D eigenvalue weighted by Crippen LogP contribution is 2.47. The Kier molecular flexibility index (Phi) is 6.43. The van der Waals surface area contributed by atoms with E-state index in [9.17, 15) is 4.79 Å². The van der Waals surface area contributed by atoms with Gasteiger partial charge in [0.2, 0.25) is 0 Å². The number of allylic oxidation sites excluding steroid dienone is 1. The quantitative estimate of drug-likeness (QED) is 0.230. The molecule has 6 heteroatoms. The number of carboxylic acids is 1. The molecule has 1 aliphatic rings. The minimum atomic E-state index is -0.968. The molecule has 1 fully saturated rings. The molecular formula is C29H25ClN2O3. The number of aromatic nitrogens is 2. The van der Waals surface area contributed by atoms with Gasteiger partial charge in [-0.05, 0) is 88.6 Å². The lowest BCUT2D eigenvalue weighted by molar-refractivity contribution is -0.131. The van der Waals surface area contributed by atoms with Gasteiger partial charge in [-0.2, -0.15) is 0 Å². The first-order valence-electron chi connectivity index (χ1n) is 11.6. The molecule has 0 amide bonds. The van der Waals surface area contributed by atoms with E-state index in [1.807, 2.05) is 53.1 Å². The number of carbonyl (C=O) groups is 1. The molecule has 5 nitrogen and oxygen atoms in total. The zero-order chi connectivity index (χ0) is 24.4. The number of carboxylic acid groups (broad SMARTS) is 1. The van der Waals surface area contributed by atoms with Gasteiger partial charge in [-0.1, -0.05) is 42.3 Å². The standard InChI is InChI=1S/C29H25ClN2O3/c1-35-23-11-12-24(25(30)17-23)29(20-3-2-4-20)28(22-10-13-26-31-15-16-32(26)18-22)21-8-5-19(6-9-21)7-14-27(33)34/h5-18,20H,2-4H2,1H3,(H,33,34). The predicted octanol–water partition coefficient (Wildman–Crippen LogP) is 6.85. The third-order valence-corrected chi connectivity index (χ3v) is 6.86. The third kappa shape index (κ3) is 4.73. The van der Waals surface area contributed by atoms with E-state index in [0.29, 0.717) is 10.9 Å². The first-order chi connectivity index (χ1) is 17.0. The molecule has 0 saturated heterocycles. The largest absolute Gasteiger partial charge is 0.497 e. The van der Waals surface area contributed by atoms with Gasteiger partial charge >= 0.3 is 5.97 Å². The molecular weight excluding hydrogens is 460 g/mol. The number of hydrogen-bond donors (Lipinski definition) is 1. The van der Waals surface area contributed by atoms with Crippen molar-refractivity contribution < 1.29 is 14.6 Å². The summed E-state index contributed by atoms with van der Waals surface area (Å²) in [6.07, 6.45) is 12.0. The van der Waals surface area contributed by atoms with E-state index in [1.165, 1.54) is 12.0 Å². The van der Waals surface area contributed by atoms with Crippen molar-refractivity contribution in [2.24, 2.45) is 5.92 Å². The van der Waals surface area contributed by atoms with Crippen LogP contribution in [0.4, 0.5) is 0 Å². The number of nitrogens with zero attached hydrogens (tertiary/aromatic N) is 2. The van der Waals surface area contributed by atoms with Crippen LogP contribution in [0.5, 0.6) is 5.75 Å². The van der Waals surface area contributed by atoms with Crippen LogP contribution in [0.3, 0.4) is 0 Å². The van der Waals surface area contributed by atoms with Crippen molar-refractivity contribution in [3.8, 4) is 5.75 Å². The molecule has 1 aliphatic carbocycles. The minimum absolute atomic E-state index is 0.390. The number of hydrogen-bond acceptors (Lipinski definition) is 3. The molecule has 2 aromatic heterocycles. The van der Waals surface area contributed by atoms with Crippen molar-refractivity contribution in [2.45, 2.75) is 19.3 Å². The molecule has 0 aliphatic heterocycles. The van der Waals surface area contributed by atoms with Gasteiger partial charge in [-0.3, -0.25) is 0 Å². The molecule has 176 valence electrons. The molecule has 0 unspecified atom stereocenters. The Morgan fingerprint density at radius 1 is 1.11 bits per heavy atom. The zero-order valence-corrected chi connectivity index (χ0v) is 20.1. The number of rotatable bonds is 7. The van der Waals surface area contributed by atoms with Crippen LogP contribution in [-0.4, -0.2) is 27.6 Å². The SMILES string of the molecule is COc1ccc(C(=C(c2ccc(C=CC(=O)O)cc2)c2ccc3nccn3c2)C2CCC2)c(Cl)c1. The van der Waals surface area contributed by atoms with Crippen LogP contribution in [-0.2, 0) is 4.79 Å². The van der Waals surface area contributed by atoms with Crippen LogP contribution in [0.25, 0.3) is 22.9 Å². The van der Waals surface area contributed by atoms with E-state index >= 15 is 0 Å². The highest BCUT2D eigenvalue weighted by atomic mass is 35.5. The van der Waals surface area contributed by atoms with Crippen LogP contribution in [0, 0.1) is 5.92 Å². The normalized spacial score (nSPS) is 14.7. The number of pyridine rings is 1. The number of methoxy groups -OCH3 is 1. The monoisotopic (exact) mass is 484 g/mol. The van der Waals surface area contributed by atoms with Gasteiger partial charge in [-0.15, -0.1) is 0 Å². The number of fused-ring (bicyclic) bond motifs is 1. The predicted molar refractivity (Wildman–Crippen MR) is 140 cm³/mol.